The normalized spacial score (nSPS) is 23.8. The molecule has 2 atom stereocenters. The fourth-order valence-corrected chi connectivity index (χ4v) is 4.52. The third kappa shape index (κ3) is 2.96. The van der Waals surface area contributed by atoms with Crippen molar-refractivity contribution in [3.05, 3.63) is 52.8 Å². The van der Waals surface area contributed by atoms with E-state index in [0.29, 0.717) is 23.0 Å². The number of halogens is 1. The summed E-state index contributed by atoms with van der Waals surface area (Å²) in [5.74, 6) is 0.593. The van der Waals surface area contributed by atoms with E-state index in [-0.39, 0.29) is 17.4 Å². The van der Waals surface area contributed by atoms with Crippen molar-refractivity contribution in [2.24, 2.45) is 17.1 Å². The van der Waals surface area contributed by atoms with Crippen LogP contribution in [0.1, 0.15) is 41.6 Å². The summed E-state index contributed by atoms with van der Waals surface area (Å²) in [6.45, 7) is 1.37. The highest BCUT2D eigenvalue weighted by Gasteiger charge is 2.57. The number of nitrogens with zero attached hydrogens (tertiary/aromatic N) is 2. The zero-order valence-electron chi connectivity index (χ0n) is 14.1. The molecule has 2 saturated carbocycles. The van der Waals surface area contributed by atoms with Crippen molar-refractivity contribution in [3.8, 4) is 0 Å². The van der Waals surface area contributed by atoms with E-state index < -0.39 is 0 Å². The van der Waals surface area contributed by atoms with Crippen LogP contribution in [0.15, 0.2) is 36.7 Å². The lowest BCUT2D eigenvalue weighted by Gasteiger charge is -2.61. The van der Waals surface area contributed by atoms with Gasteiger partial charge in [0.25, 0.3) is 5.91 Å². The molecule has 2 aromatic rings. The molecule has 25 heavy (non-hydrogen) atoms. The predicted octanol–water partition coefficient (Wildman–Crippen LogP) is 2.83. The first-order valence-electron chi connectivity index (χ1n) is 8.88. The quantitative estimate of drug-likeness (QED) is 0.863. The second-order valence-electron chi connectivity index (χ2n) is 7.33. The number of aromatic nitrogens is 2. The van der Waals surface area contributed by atoms with E-state index in [4.69, 9.17) is 17.3 Å². The molecule has 2 fully saturated rings. The lowest BCUT2D eigenvalue weighted by Crippen LogP contribution is -2.65. The fraction of sp³-hybridized carbons (Fsp3) is 0.474. The molecule has 3 N–H and O–H groups in total. The molecule has 4 rings (SSSR count). The minimum absolute atomic E-state index is 0.0143. The van der Waals surface area contributed by atoms with Gasteiger partial charge in [-0.25, -0.2) is 0 Å². The fourth-order valence-electron chi connectivity index (χ4n) is 4.37. The number of rotatable bonds is 5. The molecule has 1 aromatic carbocycles. The highest BCUT2D eigenvalue weighted by Crippen LogP contribution is 2.59. The van der Waals surface area contributed by atoms with Crippen molar-refractivity contribution in [1.29, 1.82) is 0 Å². The van der Waals surface area contributed by atoms with Crippen molar-refractivity contribution in [1.82, 2.24) is 15.1 Å². The molecule has 1 amide bonds. The third-order valence-corrected chi connectivity index (χ3v) is 6.26. The van der Waals surface area contributed by atoms with Gasteiger partial charge in [-0.3, -0.25) is 9.48 Å². The van der Waals surface area contributed by atoms with Crippen molar-refractivity contribution in [2.45, 2.75) is 38.3 Å². The van der Waals surface area contributed by atoms with Gasteiger partial charge >= 0.3 is 0 Å². The van der Waals surface area contributed by atoms with E-state index in [1.165, 1.54) is 19.3 Å². The topological polar surface area (TPSA) is 72.9 Å². The number of amides is 1. The molecule has 0 aliphatic heterocycles. The Morgan fingerprint density at radius 2 is 2.12 bits per heavy atom. The van der Waals surface area contributed by atoms with Crippen molar-refractivity contribution in [2.75, 3.05) is 6.54 Å². The number of hydrogen-bond acceptors (Lipinski definition) is 3. The molecule has 6 heteroatoms. The molecule has 2 aliphatic carbocycles. The molecule has 0 radical (unpaired) electrons. The second-order valence-corrected chi connectivity index (χ2v) is 7.77. The number of hydrogen-bond donors (Lipinski definition) is 2. The first-order chi connectivity index (χ1) is 12.1. The summed E-state index contributed by atoms with van der Waals surface area (Å²) in [6, 6.07) is 7.97. The standard InChI is InChI=1S/C19H23ClN4O/c20-16-10-22-24(12-16)11-13-2-4-14(5-3-13)18(25)23-17-8-15(9-21)19(17)6-1-7-19/h2-5,10,12,15,17H,1,6-9,11,21H2,(H,23,25). The smallest absolute Gasteiger partial charge is 0.251 e. The SMILES string of the molecule is NCC1CC(NC(=O)c2ccc(Cn3cc(Cl)cn3)cc2)C12CCC2. The van der Waals surface area contributed by atoms with E-state index in [1.807, 2.05) is 24.3 Å². The number of nitrogens with one attached hydrogen (secondary N) is 1. The van der Waals surface area contributed by atoms with Gasteiger partial charge in [0.05, 0.1) is 17.8 Å². The first-order valence-corrected chi connectivity index (χ1v) is 9.26. The molecule has 2 unspecified atom stereocenters. The van der Waals surface area contributed by atoms with Crippen LogP contribution in [0.4, 0.5) is 0 Å². The van der Waals surface area contributed by atoms with Crippen LogP contribution >= 0.6 is 11.6 Å². The molecule has 1 spiro atoms. The maximum atomic E-state index is 12.6. The van der Waals surface area contributed by atoms with Crippen LogP contribution in [0.25, 0.3) is 0 Å². The average molecular weight is 359 g/mol. The molecule has 1 aromatic heterocycles. The Balaban J connectivity index is 1.38. The highest BCUT2D eigenvalue weighted by molar-refractivity contribution is 6.30. The van der Waals surface area contributed by atoms with Crippen LogP contribution in [0.3, 0.4) is 0 Å². The summed E-state index contributed by atoms with van der Waals surface area (Å²) in [5.41, 5.74) is 7.94. The predicted molar refractivity (Wildman–Crippen MR) is 97.5 cm³/mol. The third-order valence-electron chi connectivity index (χ3n) is 6.06. The Hall–Kier alpha value is -1.85. The molecule has 1 heterocycles. The van der Waals surface area contributed by atoms with Crippen LogP contribution in [-0.2, 0) is 6.54 Å². The van der Waals surface area contributed by atoms with Crippen molar-refractivity contribution >= 4 is 17.5 Å². The zero-order valence-corrected chi connectivity index (χ0v) is 14.9. The lowest BCUT2D eigenvalue weighted by atomic mass is 9.47. The van der Waals surface area contributed by atoms with Gasteiger partial charge in [0.15, 0.2) is 0 Å². The van der Waals surface area contributed by atoms with Crippen LogP contribution < -0.4 is 11.1 Å². The Morgan fingerprint density at radius 3 is 2.68 bits per heavy atom. The Labute approximate surface area is 152 Å². The average Bonchev–Trinajstić information content (AvgIpc) is 2.95. The highest BCUT2D eigenvalue weighted by atomic mass is 35.5. The zero-order chi connectivity index (χ0) is 17.4. The minimum Gasteiger partial charge on any atom is -0.349 e. The molecular weight excluding hydrogens is 336 g/mol. The summed E-state index contributed by atoms with van der Waals surface area (Å²) in [5, 5.41) is 8.02. The van der Waals surface area contributed by atoms with Crippen LogP contribution in [0.5, 0.6) is 0 Å². The summed E-state index contributed by atoms with van der Waals surface area (Å²) < 4.78 is 1.78. The van der Waals surface area contributed by atoms with Gasteiger partial charge in [0, 0.05) is 17.8 Å². The molecule has 0 saturated heterocycles. The van der Waals surface area contributed by atoms with Gasteiger partial charge in [-0.1, -0.05) is 30.2 Å². The lowest BCUT2D eigenvalue weighted by molar-refractivity contribution is -0.0798. The second kappa shape index (κ2) is 6.46. The number of carbonyl (C=O) groups excluding carboxylic acids is 1. The van der Waals surface area contributed by atoms with Crippen LogP contribution in [-0.4, -0.2) is 28.3 Å². The van der Waals surface area contributed by atoms with E-state index in [2.05, 4.69) is 10.4 Å². The van der Waals surface area contributed by atoms with Crippen LogP contribution in [0, 0.1) is 11.3 Å². The number of carbonyl (C=O) groups is 1. The number of nitrogens with two attached hydrogens (primary N) is 1. The summed E-state index contributed by atoms with van der Waals surface area (Å²) in [6.07, 6.45) is 8.07. The molecule has 5 nitrogen and oxygen atoms in total. The Bertz CT molecular complexity index is 766. The first kappa shape index (κ1) is 16.6. The van der Waals surface area contributed by atoms with Gasteiger partial charge in [-0.05, 0) is 54.8 Å². The minimum atomic E-state index is 0.0143. The maximum Gasteiger partial charge on any atom is 0.251 e. The van der Waals surface area contributed by atoms with Gasteiger partial charge in [-0.15, -0.1) is 0 Å². The Kier molecular flexibility index (Phi) is 4.29. The van der Waals surface area contributed by atoms with Gasteiger partial charge in [0.1, 0.15) is 0 Å². The van der Waals surface area contributed by atoms with Gasteiger partial charge in [-0.2, -0.15) is 5.10 Å². The maximum absolute atomic E-state index is 12.6. The summed E-state index contributed by atoms with van der Waals surface area (Å²) in [4.78, 5) is 12.6. The molecular formula is C19H23ClN4O. The van der Waals surface area contributed by atoms with E-state index in [1.54, 1.807) is 17.1 Å². The Morgan fingerprint density at radius 1 is 1.36 bits per heavy atom. The van der Waals surface area contributed by atoms with E-state index >= 15 is 0 Å². The van der Waals surface area contributed by atoms with Gasteiger partial charge in [0.2, 0.25) is 0 Å². The number of benzene rings is 1. The van der Waals surface area contributed by atoms with Crippen LogP contribution in [0.2, 0.25) is 5.02 Å². The van der Waals surface area contributed by atoms with E-state index in [0.717, 1.165) is 18.5 Å². The monoisotopic (exact) mass is 358 g/mol. The molecule has 132 valence electrons. The van der Waals surface area contributed by atoms with Gasteiger partial charge < -0.3 is 11.1 Å². The molecule has 2 aliphatic rings. The van der Waals surface area contributed by atoms with E-state index in [9.17, 15) is 4.79 Å². The van der Waals surface area contributed by atoms with Crippen molar-refractivity contribution in [3.63, 3.8) is 0 Å². The van der Waals surface area contributed by atoms with Crippen molar-refractivity contribution < 1.29 is 4.79 Å². The summed E-state index contributed by atoms with van der Waals surface area (Å²) in [7, 11) is 0. The summed E-state index contributed by atoms with van der Waals surface area (Å²) >= 11 is 5.88. The molecule has 0 bridgehead atoms. The largest absolute Gasteiger partial charge is 0.349 e.